The number of hydrogen-bond acceptors (Lipinski definition) is 1. The van der Waals surface area contributed by atoms with Gasteiger partial charge in [-0.3, -0.25) is 0 Å². The van der Waals surface area contributed by atoms with Gasteiger partial charge >= 0.3 is 6.18 Å². The molecule has 0 bridgehead atoms. The van der Waals surface area contributed by atoms with Crippen LogP contribution in [0.1, 0.15) is 22.7 Å². The zero-order chi connectivity index (χ0) is 14.9. The number of benzene rings is 2. The Hall–Kier alpha value is -1.59. The lowest BCUT2D eigenvalue weighted by Crippen LogP contribution is -2.13. The van der Waals surface area contributed by atoms with Gasteiger partial charge in [-0.25, -0.2) is 4.39 Å². The lowest BCUT2D eigenvalue weighted by atomic mass is 9.98. The van der Waals surface area contributed by atoms with E-state index in [1.165, 1.54) is 30.3 Å². The normalized spacial score (nSPS) is 13.3. The molecule has 0 spiro atoms. The standard InChI is InChI=1S/C14H10ClF4N/c15-11-6-3-9(7-12(11)16)13(20)8-1-4-10(5-2-8)14(17,18)19/h1-7,13H,20H2. The summed E-state index contributed by atoms with van der Waals surface area (Å²) in [6, 6.07) is 7.79. The van der Waals surface area contributed by atoms with Crippen LogP contribution in [-0.2, 0) is 6.18 Å². The number of halogens is 5. The second kappa shape index (κ2) is 5.42. The molecule has 106 valence electrons. The summed E-state index contributed by atoms with van der Waals surface area (Å²) in [6.07, 6.45) is -4.39. The third kappa shape index (κ3) is 3.11. The van der Waals surface area contributed by atoms with E-state index in [0.717, 1.165) is 12.1 Å². The highest BCUT2D eigenvalue weighted by molar-refractivity contribution is 6.30. The van der Waals surface area contributed by atoms with Crippen molar-refractivity contribution in [3.63, 3.8) is 0 Å². The minimum absolute atomic E-state index is 0.0339. The van der Waals surface area contributed by atoms with Crippen LogP contribution >= 0.6 is 11.6 Å². The molecule has 0 amide bonds. The summed E-state index contributed by atoms with van der Waals surface area (Å²) in [6.45, 7) is 0. The van der Waals surface area contributed by atoms with Gasteiger partial charge in [0.05, 0.1) is 16.6 Å². The molecule has 2 N–H and O–H groups in total. The summed E-state index contributed by atoms with van der Waals surface area (Å²) in [5.41, 5.74) is 6.04. The number of rotatable bonds is 2. The third-order valence-electron chi connectivity index (χ3n) is 2.90. The Morgan fingerprint density at radius 2 is 1.50 bits per heavy atom. The molecule has 2 aromatic rings. The molecule has 6 heteroatoms. The Morgan fingerprint density at radius 3 is 2.00 bits per heavy atom. The molecule has 2 aromatic carbocycles. The van der Waals surface area contributed by atoms with Crippen molar-refractivity contribution in [2.75, 3.05) is 0 Å². The van der Waals surface area contributed by atoms with Crippen LogP contribution in [0.5, 0.6) is 0 Å². The first-order valence-corrected chi connectivity index (χ1v) is 6.04. The summed E-state index contributed by atoms with van der Waals surface area (Å²) in [5, 5.41) is -0.0339. The highest BCUT2D eigenvalue weighted by Crippen LogP contribution is 2.31. The van der Waals surface area contributed by atoms with Gasteiger partial charge in [0.15, 0.2) is 0 Å². The zero-order valence-corrected chi connectivity index (χ0v) is 10.8. The van der Waals surface area contributed by atoms with Crippen molar-refractivity contribution in [1.29, 1.82) is 0 Å². The van der Waals surface area contributed by atoms with E-state index in [9.17, 15) is 17.6 Å². The van der Waals surface area contributed by atoms with Crippen LogP contribution in [0, 0.1) is 5.82 Å². The molecule has 0 heterocycles. The van der Waals surface area contributed by atoms with Crippen LogP contribution in [0.2, 0.25) is 5.02 Å². The Morgan fingerprint density at radius 1 is 0.950 bits per heavy atom. The summed E-state index contributed by atoms with van der Waals surface area (Å²) >= 11 is 5.56. The van der Waals surface area contributed by atoms with E-state index in [2.05, 4.69) is 0 Å². The smallest absolute Gasteiger partial charge is 0.320 e. The van der Waals surface area contributed by atoms with Gasteiger partial charge in [-0.1, -0.05) is 29.8 Å². The molecule has 0 aliphatic carbocycles. The van der Waals surface area contributed by atoms with Gasteiger partial charge in [0.2, 0.25) is 0 Å². The Balaban J connectivity index is 2.29. The van der Waals surface area contributed by atoms with Crippen LogP contribution in [0.15, 0.2) is 42.5 Å². The molecule has 0 saturated heterocycles. The second-order valence-corrected chi connectivity index (χ2v) is 4.68. The quantitative estimate of drug-likeness (QED) is 0.810. The Labute approximate surface area is 118 Å². The number of alkyl halides is 3. The predicted molar refractivity (Wildman–Crippen MR) is 68.9 cm³/mol. The molecule has 1 unspecified atom stereocenters. The maximum atomic E-state index is 13.3. The van der Waals surface area contributed by atoms with Crippen LogP contribution in [0.4, 0.5) is 17.6 Å². The van der Waals surface area contributed by atoms with Gasteiger partial charge in [-0.15, -0.1) is 0 Å². The molecule has 2 rings (SSSR count). The molecule has 0 aliphatic rings. The fourth-order valence-electron chi connectivity index (χ4n) is 1.78. The molecular weight excluding hydrogens is 294 g/mol. The van der Waals surface area contributed by atoms with E-state index in [0.29, 0.717) is 11.1 Å². The minimum Gasteiger partial charge on any atom is -0.320 e. The molecular formula is C14H10ClF4N. The first-order chi connectivity index (χ1) is 9.29. The summed E-state index contributed by atoms with van der Waals surface area (Å²) in [5.74, 6) is -0.619. The molecule has 1 atom stereocenters. The molecule has 1 nitrogen and oxygen atoms in total. The molecule has 0 aromatic heterocycles. The Bertz CT molecular complexity index is 608. The Kier molecular flexibility index (Phi) is 4.01. The van der Waals surface area contributed by atoms with Gasteiger partial charge in [-0.05, 0) is 35.4 Å². The lowest BCUT2D eigenvalue weighted by Gasteiger charge is -2.14. The van der Waals surface area contributed by atoms with E-state index in [-0.39, 0.29) is 5.02 Å². The second-order valence-electron chi connectivity index (χ2n) is 4.27. The van der Waals surface area contributed by atoms with E-state index in [1.54, 1.807) is 0 Å². The predicted octanol–water partition coefficient (Wildman–Crippen LogP) is 4.55. The van der Waals surface area contributed by atoms with Crippen molar-refractivity contribution in [2.45, 2.75) is 12.2 Å². The highest BCUT2D eigenvalue weighted by atomic mass is 35.5. The first kappa shape index (κ1) is 14.8. The topological polar surface area (TPSA) is 26.0 Å². The number of hydrogen-bond donors (Lipinski definition) is 1. The summed E-state index contributed by atoms with van der Waals surface area (Å²) in [4.78, 5) is 0. The largest absolute Gasteiger partial charge is 0.416 e. The third-order valence-corrected chi connectivity index (χ3v) is 3.21. The monoisotopic (exact) mass is 303 g/mol. The van der Waals surface area contributed by atoms with Crippen molar-refractivity contribution in [3.8, 4) is 0 Å². The maximum absolute atomic E-state index is 13.3. The molecule has 0 aliphatic heterocycles. The van der Waals surface area contributed by atoms with Gasteiger partial charge in [0.1, 0.15) is 5.82 Å². The van der Waals surface area contributed by atoms with E-state index in [1.807, 2.05) is 0 Å². The van der Waals surface area contributed by atoms with Crippen molar-refractivity contribution < 1.29 is 17.6 Å². The number of nitrogens with two attached hydrogens (primary N) is 1. The summed E-state index contributed by atoms with van der Waals surface area (Å²) < 4.78 is 50.7. The van der Waals surface area contributed by atoms with E-state index < -0.39 is 23.6 Å². The highest BCUT2D eigenvalue weighted by Gasteiger charge is 2.30. The van der Waals surface area contributed by atoms with Crippen LogP contribution in [0.25, 0.3) is 0 Å². The first-order valence-electron chi connectivity index (χ1n) is 5.66. The van der Waals surface area contributed by atoms with Gasteiger partial charge in [0, 0.05) is 0 Å². The van der Waals surface area contributed by atoms with Crippen LogP contribution in [0.3, 0.4) is 0 Å². The molecule has 0 fully saturated rings. The molecule has 20 heavy (non-hydrogen) atoms. The van der Waals surface area contributed by atoms with Gasteiger partial charge in [0.25, 0.3) is 0 Å². The van der Waals surface area contributed by atoms with Crippen molar-refractivity contribution in [1.82, 2.24) is 0 Å². The maximum Gasteiger partial charge on any atom is 0.416 e. The minimum atomic E-state index is -4.39. The fraction of sp³-hybridized carbons (Fsp3) is 0.143. The zero-order valence-electron chi connectivity index (χ0n) is 10.1. The average Bonchev–Trinajstić information content (AvgIpc) is 2.40. The van der Waals surface area contributed by atoms with Crippen molar-refractivity contribution >= 4 is 11.6 Å². The fourth-order valence-corrected chi connectivity index (χ4v) is 1.90. The van der Waals surface area contributed by atoms with Gasteiger partial charge in [-0.2, -0.15) is 13.2 Å². The van der Waals surface area contributed by atoms with E-state index >= 15 is 0 Å². The van der Waals surface area contributed by atoms with Crippen LogP contribution < -0.4 is 5.73 Å². The van der Waals surface area contributed by atoms with E-state index in [4.69, 9.17) is 17.3 Å². The van der Waals surface area contributed by atoms with Crippen LogP contribution in [-0.4, -0.2) is 0 Å². The summed E-state index contributed by atoms with van der Waals surface area (Å²) in [7, 11) is 0. The average molecular weight is 304 g/mol. The lowest BCUT2D eigenvalue weighted by molar-refractivity contribution is -0.137. The van der Waals surface area contributed by atoms with Gasteiger partial charge < -0.3 is 5.73 Å². The molecule has 0 radical (unpaired) electrons. The van der Waals surface area contributed by atoms with Crippen molar-refractivity contribution in [3.05, 3.63) is 70.0 Å². The molecule has 0 saturated carbocycles. The SMILES string of the molecule is NC(c1ccc(C(F)(F)F)cc1)c1ccc(Cl)c(F)c1. The van der Waals surface area contributed by atoms with Crippen molar-refractivity contribution in [2.24, 2.45) is 5.73 Å².